The Morgan fingerprint density at radius 2 is 2.21 bits per heavy atom. The van der Waals surface area contributed by atoms with Crippen molar-refractivity contribution in [1.29, 1.82) is 0 Å². The number of aryl methyl sites for hydroxylation is 4. The molecule has 1 atom stereocenters. The summed E-state index contributed by atoms with van der Waals surface area (Å²) in [6.07, 6.45) is 7.72. The molecule has 4 heteroatoms. The van der Waals surface area contributed by atoms with Gasteiger partial charge in [-0.05, 0) is 50.7 Å². The molecule has 4 rings (SSSR count). The van der Waals surface area contributed by atoms with Crippen molar-refractivity contribution in [1.82, 2.24) is 14.5 Å². The minimum atomic E-state index is -0.311. The Hall–Kier alpha value is -2.20. The second-order valence-electron chi connectivity index (χ2n) is 6.83. The van der Waals surface area contributed by atoms with E-state index in [1.54, 1.807) is 0 Å². The van der Waals surface area contributed by atoms with Crippen LogP contribution in [0.25, 0.3) is 22.2 Å². The highest BCUT2D eigenvalue weighted by Crippen LogP contribution is 2.36. The second-order valence-corrected chi connectivity index (χ2v) is 6.83. The third-order valence-electron chi connectivity index (χ3n) is 4.90. The highest BCUT2D eigenvalue weighted by atomic mass is 16.3. The fraction of sp³-hybridized carbons (Fsp3) is 0.400. The van der Waals surface area contributed by atoms with E-state index in [0.717, 1.165) is 42.9 Å². The minimum Gasteiger partial charge on any atom is -0.393 e. The Balaban J connectivity index is 1.89. The number of para-hydroxylation sites is 1. The van der Waals surface area contributed by atoms with Crippen LogP contribution in [0.1, 0.15) is 36.7 Å². The molecule has 0 saturated carbocycles. The predicted octanol–water partition coefficient (Wildman–Crippen LogP) is 3.67. The molecule has 24 heavy (non-hydrogen) atoms. The van der Waals surface area contributed by atoms with Gasteiger partial charge in [-0.3, -0.25) is 0 Å². The van der Waals surface area contributed by atoms with E-state index < -0.39 is 0 Å². The summed E-state index contributed by atoms with van der Waals surface area (Å²) in [5.74, 6) is 0.790. The van der Waals surface area contributed by atoms with E-state index >= 15 is 0 Å². The van der Waals surface area contributed by atoms with E-state index in [1.165, 1.54) is 28.5 Å². The van der Waals surface area contributed by atoms with E-state index in [9.17, 15) is 5.11 Å². The number of benzene rings is 1. The van der Waals surface area contributed by atoms with E-state index in [-0.39, 0.29) is 6.10 Å². The van der Waals surface area contributed by atoms with Gasteiger partial charge < -0.3 is 9.67 Å². The van der Waals surface area contributed by atoms with Crippen molar-refractivity contribution in [3.05, 3.63) is 47.5 Å². The normalized spacial score (nSPS) is 15.0. The van der Waals surface area contributed by atoms with Gasteiger partial charge >= 0.3 is 0 Å². The summed E-state index contributed by atoms with van der Waals surface area (Å²) in [6, 6.07) is 6.59. The van der Waals surface area contributed by atoms with Gasteiger partial charge in [0.1, 0.15) is 5.82 Å². The molecule has 1 aromatic carbocycles. The van der Waals surface area contributed by atoms with Crippen LogP contribution >= 0.6 is 0 Å². The van der Waals surface area contributed by atoms with E-state index in [2.05, 4.69) is 33.9 Å². The Bertz CT molecular complexity index is 895. The highest BCUT2D eigenvalue weighted by Gasteiger charge is 2.19. The predicted molar refractivity (Wildman–Crippen MR) is 96.0 cm³/mol. The molecule has 4 nitrogen and oxygen atoms in total. The van der Waals surface area contributed by atoms with Crippen LogP contribution in [0.5, 0.6) is 0 Å². The van der Waals surface area contributed by atoms with Gasteiger partial charge in [0.15, 0.2) is 0 Å². The van der Waals surface area contributed by atoms with Gasteiger partial charge in [0.05, 0.1) is 17.3 Å². The Morgan fingerprint density at radius 3 is 3.04 bits per heavy atom. The van der Waals surface area contributed by atoms with Crippen LogP contribution in [0.2, 0.25) is 0 Å². The summed E-state index contributed by atoms with van der Waals surface area (Å²) in [6.45, 7) is 4.83. The summed E-state index contributed by atoms with van der Waals surface area (Å²) < 4.78 is 2.37. The summed E-state index contributed by atoms with van der Waals surface area (Å²) >= 11 is 0. The van der Waals surface area contributed by atoms with Crippen LogP contribution in [0, 0.1) is 6.92 Å². The standard InChI is InChI=1S/C20H23N3O/c1-13(24)8-9-16-11-21-14(2)22-19(16)18-12-23-10-4-6-15-5-3-7-17(18)20(15)23/h3,5,7,11-13,24H,4,6,8-10H2,1-2H3. The van der Waals surface area contributed by atoms with Crippen LogP contribution in [0.4, 0.5) is 0 Å². The van der Waals surface area contributed by atoms with Gasteiger partial charge in [0.25, 0.3) is 0 Å². The van der Waals surface area contributed by atoms with Gasteiger partial charge in [-0.15, -0.1) is 0 Å². The fourth-order valence-corrected chi connectivity index (χ4v) is 3.72. The first-order valence-corrected chi connectivity index (χ1v) is 8.75. The maximum Gasteiger partial charge on any atom is 0.125 e. The fourth-order valence-electron chi connectivity index (χ4n) is 3.72. The van der Waals surface area contributed by atoms with Crippen molar-refractivity contribution < 1.29 is 5.11 Å². The number of rotatable bonds is 4. The summed E-state index contributed by atoms with van der Waals surface area (Å²) in [7, 11) is 0. The largest absolute Gasteiger partial charge is 0.393 e. The first kappa shape index (κ1) is 15.3. The summed E-state index contributed by atoms with van der Waals surface area (Å²) in [4.78, 5) is 9.14. The van der Waals surface area contributed by atoms with E-state index in [4.69, 9.17) is 4.98 Å². The van der Waals surface area contributed by atoms with Gasteiger partial charge in [-0.2, -0.15) is 0 Å². The zero-order valence-corrected chi connectivity index (χ0v) is 14.3. The number of aliphatic hydroxyl groups excluding tert-OH is 1. The van der Waals surface area contributed by atoms with Gasteiger partial charge in [0, 0.05) is 29.9 Å². The Morgan fingerprint density at radius 1 is 1.33 bits per heavy atom. The quantitative estimate of drug-likeness (QED) is 0.798. The first-order chi connectivity index (χ1) is 11.6. The van der Waals surface area contributed by atoms with Crippen LogP contribution in [0.3, 0.4) is 0 Å². The highest BCUT2D eigenvalue weighted by molar-refractivity contribution is 5.97. The van der Waals surface area contributed by atoms with Gasteiger partial charge in [-0.1, -0.05) is 18.2 Å². The average Bonchev–Trinajstić information content (AvgIpc) is 2.95. The van der Waals surface area contributed by atoms with Crippen LogP contribution in [0.15, 0.2) is 30.6 Å². The molecular weight excluding hydrogens is 298 g/mol. The molecule has 0 amide bonds. The zero-order chi connectivity index (χ0) is 16.7. The third-order valence-corrected chi connectivity index (χ3v) is 4.90. The molecule has 124 valence electrons. The molecule has 1 aliphatic heterocycles. The van der Waals surface area contributed by atoms with Crippen molar-refractivity contribution in [3.8, 4) is 11.3 Å². The zero-order valence-electron chi connectivity index (χ0n) is 14.3. The van der Waals surface area contributed by atoms with Crippen molar-refractivity contribution in [3.63, 3.8) is 0 Å². The topological polar surface area (TPSA) is 50.9 Å². The summed E-state index contributed by atoms with van der Waals surface area (Å²) in [5, 5.41) is 10.9. The summed E-state index contributed by atoms with van der Waals surface area (Å²) in [5.41, 5.74) is 6.12. The van der Waals surface area contributed by atoms with Crippen molar-refractivity contribution >= 4 is 10.9 Å². The molecule has 0 bridgehead atoms. The van der Waals surface area contributed by atoms with Crippen LogP contribution in [-0.4, -0.2) is 25.7 Å². The molecule has 1 N–H and O–H groups in total. The molecule has 0 spiro atoms. The van der Waals surface area contributed by atoms with Crippen LogP contribution < -0.4 is 0 Å². The Kier molecular flexibility index (Phi) is 3.85. The number of nitrogens with zero attached hydrogens (tertiary/aromatic N) is 3. The lowest BCUT2D eigenvalue weighted by molar-refractivity contribution is 0.185. The molecule has 3 aromatic rings. The first-order valence-electron chi connectivity index (χ1n) is 8.75. The van der Waals surface area contributed by atoms with Crippen LogP contribution in [-0.2, 0) is 19.4 Å². The second kappa shape index (κ2) is 6.02. The number of aliphatic hydroxyl groups is 1. The van der Waals surface area contributed by atoms with E-state index in [1.807, 2.05) is 20.0 Å². The molecule has 0 saturated heterocycles. The maximum absolute atomic E-state index is 9.64. The molecule has 0 radical (unpaired) electrons. The maximum atomic E-state index is 9.64. The number of hydrogen-bond donors (Lipinski definition) is 1. The smallest absolute Gasteiger partial charge is 0.125 e. The van der Waals surface area contributed by atoms with Gasteiger partial charge in [-0.25, -0.2) is 9.97 Å². The van der Waals surface area contributed by atoms with Crippen molar-refractivity contribution in [2.45, 2.75) is 52.2 Å². The SMILES string of the molecule is Cc1ncc(CCC(C)O)c(-c2cn3c4c(cccc24)CCC3)n1. The molecule has 1 aliphatic rings. The lowest BCUT2D eigenvalue weighted by Gasteiger charge is -2.14. The molecule has 3 heterocycles. The average molecular weight is 321 g/mol. The minimum absolute atomic E-state index is 0.311. The monoisotopic (exact) mass is 321 g/mol. The lowest BCUT2D eigenvalue weighted by atomic mass is 9.99. The van der Waals surface area contributed by atoms with Crippen molar-refractivity contribution in [2.24, 2.45) is 0 Å². The van der Waals surface area contributed by atoms with Crippen molar-refractivity contribution in [2.75, 3.05) is 0 Å². The molecule has 0 fully saturated rings. The molecule has 1 unspecified atom stereocenters. The molecular formula is C20H23N3O. The lowest BCUT2D eigenvalue weighted by Crippen LogP contribution is -2.05. The molecule has 2 aromatic heterocycles. The van der Waals surface area contributed by atoms with E-state index in [0.29, 0.717) is 0 Å². The third kappa shape index (κ3) is 2.61. The van der Waals surface area contributed by atoms with Gasteiger partial charge in [0.2, 0.25) is 0 Å². The molecule has 0 aliphatic carbocycles. The number of hydrogen-bond acceptors (Lipinski definition) is 3. The Labute approximate surface area is 142 Å². The number of aromatic nitrogens is 3.